The topological polar surface area (TPSA) is 52.6 Å². The van der Waals surface area contributed by atoms with E-state index in [1.807, 2.05) is 32.0 Å². The molecule has 1 unspecified atom stereocenters. The van der Waals surface area contributed by atoms with Crippen LogP contribution in [0.25, 0.3) is 0 Å². The molecule has 0 N–H and O–H groups in total. The number of esters is 2. The van der Waals surface area contributed by atoms with Gasteiger partial charge in [-0.05, 0) is 57.6 Å². The van der Waals surface area contributed by atoms with Crippen LogP contribution in [0, 0.1) is 19.8 Å². The maximum absolute atomic E-state index is 12.0. The fourth-order valence-electron chi connectivity index (χ4n) is 3.07. The number of hydrogen-bond donors (Lipinski definition) is 0. The molecule has 0 spiro atoms. The van der Waals surface area contributed by atoms with Crippen LogP contribution in [0.2, 0.25) is 0 Å². The van der Waals surface area contributed by atoms with Crippen molar-refractivity contribution >= 4 is 11.9 Å². The first-order valence-corrected chi connectivity index (χ1v) is 10.4. The van der Waals surface area contributed by atoms with Crippen molar-refractivity contribution in [2.45, 2.75) is 79.1 Å². The van der Waals surface area contributed by atoms with Crippen molar-refractivity contribution in [3.8, 4) is 0 Å². The van der Waals surface area contributed by atoms with E-state index in [0.29, 0.717) is 31.1 Å². The Morgan fingerprint density at radius 1 is 0.926 bits per heavy atom. The van der Waals surface area contributed by atoms with Crippen LogP contribution in [0.1, 0.15) is 86.7 Å². The number of carbonyl (C=O) groups excluding carboxylic acids is 2. The van der Waals surface area contributed by atoms with Crippen molar-refractivity contribution in [1.82, 2.24) is 0 Å². The van der Waals surface area contributed by atoms with Crippen LogP contribution in [-0.4, -0.2) is 25.2 Å². The lowest BCUT2D eigenvalue weighted by Gasteiger charge is -2.14. The molecule has 4 nitrogen and oxygen atoms in total. The number of hydrogen-bond acceptors (Lipinski definition) is 4. The van der Waals surface area contributed by atoms with Gasteiger partial charge < -0.3 is 9.47 Å². The van der Waals surface area contributed by atoms with Crippen LogP contribution in [0.3, 0.4) is 0 Å². The SMILES string of the molecule is CCCCC(CC)COC(=O)CCCCCOC(=O)c1cc(C)cc(C)c1. The largest absolute Gasteiger partial charge is 0.465 e. The molecule has 0 aliphatic rings. The van der Waals surface area contributed by atoms with Gasteiger partial charge >= 0.3 is 11.9 Å². The molecule has 0 aliphatic heterocycles. The second kappa shape index (κ2) is 13.3. The second-order valence-corrected chi connectivity index (χ2v) is 7.42. The first-order chi connectivity index (χ1) is 13.0. The minimum Gasteiger partial charge on any atom is -0.465 e. The van der Waals surface area contributed by atoms with Crippen LogP contribution >= 0.6 is 0 Å². The quantitative estimate of drug-likeness (QED) is 0.323. The zero-order valence-electron chi connectivity index (χ0n) is 17.5. The third-order valence-electron chi connectivity index (χ3n) is 4.74. The van der Waals surface area contributed by atoms with Crippen LogP contribution in [0.4, 0.5) is 0 Å². The third-order valence-corrected chi connectivity index (χ3v) is 4.74. The maximum Gasteiger partial charge on any atom is 0.338 e. The molecular formula is C23H36O4. The normalized spacial score (nSPS) is 11.9. The summed E-state index contributed by atoms with van der Waals surface area (Å²) in [6.07, 6.45) is 7.38. The molecule has 1 aromatic carbocycles. The molecule has 1 rings (SSSR count). The summed E-state index contributed by atoms with van der Waals surface area (Å²) in [5.74, 6) is 0.0923. The van der Waals surface area contributed by atoms with Crippen molar-refractivity contribution in [3.63, 3.8) is 0 Å². The molecule has 0 aromatic heterocycles. The van der Waals surface area contributed by atoms with E-state index in [1.54, 1.807) is 0 Å². The van der Waals surface area contributed by atoms with E-state index in [0.717, 1.165) is 43.2 Å². The Balaban J connectivity index is 2.12. The lowest BCUT2D eigenvalue weighted by atomic mass is 10.0. The van der Waals surface area contributed by atoms with Crippen LogP contribution in [-0.2, 0) is 14.3 Å². The summed E-state index contributed by atoms with van der Waals surface area (Å²) in [6.45, 7) is 9.19. The summed E-state index contributed by atoms with van der Waals surface area (Å²) >= 11 is 0. The zero-order valence-corrected chi connectivity index (χ0v) is 17.5. The molecule has 0 saturated heterocycles. The summed E-state index contributed by atoms with van der Waals surface area (Å²) in [5, 5.41) is 0. The Hall–Kier alpha value is -1.84. The molecule has 0 fully saturated rings. The van der Waals surface area contributed by atoms with Crippen molar-refractivity contribution in [2.75, 3.05) is 13.2 Å². The van der Waals surface area contributed by atoms with Crippen molar-refractivity contribution in [2.24, 2.45) is 5.92 Å². The molecular weight excluding hydrogens is 340 g/mol. The van der Waals surface area contributed by atoms with E-state index in [-0.39, 0.29) is 11.9 Å². The average Bonchev–Trinajstić information content (AvgIpc) is 2.63. The lowest BCUT2D eigenvalue weighted by Crippen LogP contribution is -2.13. The van der Waals surface area contributed by atoms with Gasteiger partial charge in [0.2, 0.25) is 0 Å². The summed E-state index contributed by atoms with van der Waals surface area (Å²) < 4.78 is 10.7. The highest BCUT2D eigenvalue weighted by atomic mass is 16.5. The standard InChI is InChI=1S/C23H36O4/c1-5-7-11-20(6-2)17-27-22(24)12-9-8-10-13-26-23(25)21-15-18(3)14-19(4)16-21/h14-16,20H,5-13,17H2,1-4H3. The Labute approximate surface area is 164 Å². The fourth-order valence-corrected chi connectivity index (χ4v) is 3.07. The van der Waals surface area contributed by atoms with E-state index >= 15 is 0 Å². The third kappa shape index (κ3) is 10.2. The average molecular weight is 377 g/mol. The van der Waals surface area contributed by atoms with Gasteiger partial charge in [0.25, 0.3) is 0 Å². The maximum atomic E-state index is 12.0. The number of carbonyl (C=O) groups is 2. The van der Waals surface area contributed by atoms with Crippen LogP contribution < -0.4 is 0 Å². The van der Waals surface area contributed by atoms with Gasteiger partial charge in [0, 0.05) is 6.42 Å². The van der Waals surface area contributed by atoms with Gasteiger partial charge in [-0.3, -0.25) is 4.79 Å². The first-order valence-electron chi connectivity index (χ1n) is 10.4. The molecule has 0 aliphatic carbocycles. The van der Waals surface area contributed by atoms with Crippen molar-refractivity contribution in [3.05, 3.63) is 34.9 Å². The van der Waals surface area contributed by atoms with Crippen molar-refractivity contribution < 1.29 is 19.1 Å². The summed E-state index contributed by atoms with van der Waals surface area (Å²) in [5.41, 5.74) is 2.71. The minimum absolute atomic E-state index is 0.114. The van der Waals surface area contributed by atoms with E-state index in [4.69, 9.17) is 9.47 Å². The zero-order chi connectivity index (χ0) is 20.1. The second-order valence-electron chi connectivity index (χ2n) is 7.42. The lowest BCUT2D eigenvalue weighted by molar-refractivity contribution is -0.145. The van der Waals surface area contributed by atoms with Gasteiger partial charge in [-0.2, -0.15) is 0 Å². The first kappa shape index (κ1) is 23.2. The van der Waals surface area contributed by atoms with E-state index in [9.17, 15) is 9.59 Å². The fraction of sp³-hybridized carbons (Fsp3) is 0.652. The predicted octanol–water partition coefficient (Wildman–Crippen LogP) is 5.78. The molecule has 0 amide bonds. The number of rotatable bonds is 13. The van der Waals surface area contributed by atoms with Gasteiger partial charge in [0.15, 0.2) is 0 Å². The predicted molar refractivity (Wildman–Crippen MR) is 109 cm³/mol. The Morgan fingerprint density at radius 3 is 2.26 bits per heavy atom. The smallest absolute Gasteiger partial charge is 0.338 e. The van der Waals surface area contributed by atoms with Gasteiger partial charge in [-0.15, -0.1) is 0 Å². The number of benzene rings is 1. The van der Waals surface area contributed by atoms with Gasteiger partial charge in [0.1, 0.15) is 0 Å². The van der Waals surface area contributed by atoms with E-state index in [1.165, 1.54) is 12.8 Å². The van der Waals surface area contributed by atoms with Crippen molar-refractivity contribution in [1.29, 1.82) is 0 Å². The highest BCUT2D eigenvalue weighted by molar-refractivity contribution is 5.89. The molecule has 4 heteroatoms. The van der Waals surface area contributed by atoms with E-state index in [2.05, 4.69) is 13.8 Å². The summed E-state index contributed by atoms with van der Waals surface area (Å²) in [4.78, 5) is 23.9. The molecule has 0 saturated carbocycles. The Bertz CT molecular complexity index is 559. The monoisotopic (exact) mass is 376 g/mol. The summed E-state index contributed by atoms with van der Waals surface area (Å²) in [6, 6.07) is 5.72. The molecule has 0 bridgehead atoms. The molecule has 27 heavy (non-hydrogen) atoms. The van der Waals surface area contributed by atoms with Gasteiger partial charge in [-0.1, -0.05) is 50.3 Å². The molecule has 152 valence electrons. The van der Waals surface area contributed by atoms with Gasteiger partial charge in [-0.25, -0.2) is 4.79 Å². The summed E-state index contributed by atoms with van der Waals surface area (Å²) in [7, 11) is 0. The Morgan fingerprint density at radius 2 is 1.63 bits per heavy atom. The number of aryl methyl sites for hydroxylation is 2. The van der Waals surface area contributed by atoms with Gasteiger partial charge in [0.05, 0.1) is 18.8 Å². The highest BCUT2D eigenvalue weighted by Crippen LogP contribution is 2.14. The molecule has 0 heterocycles. The number of ether oxygens (including phenoxy) is 2. The molecule has 1 aromatic rings. The Kier molecular flexibility index (Phi) is 11.5. The number of unbranched alkanes of at least 4 members (excludes halogenated alkanes) is 3. The minimum atomic E-state index is -0.279. The highest BCUT2D eigenvalue weighted by Gasteiger charge is 2.10. The molecule has 1 atom stereocenters. The van der Waals surface area contributed by atoms with E-state index < -0.39 is 0 Å². The molecule has 0 radical (unpaired) electrons. The van der Waals surface area contributed by atoms with Crippen LogP contribution in [0.5, 0.6) is 0 Å². The van der Waals surface area contributed by atoms with Crippen LogP contribution in [0.15, 0.2) is 18.2 Å².